The highest BCUT2D eigenvalue weighted by atomic mass is 32.2. The van der Waals surface area contributed by atoms with Crippen LogP contribution in [0.25, 0.3) is 0 Å². The van der Waals surface area contributed by atoms with Gasteiger partial charge in [-0.1, -0.05) is 6.42 Å². The number of nitrogens with zero attached hydrogens (tertiary/aromatic N) is 2. The molecule has 0 saturated heterocycles. The van der Waals surface area contributed by atoms with Crippen molar-refractivity contribution in [1.82, 2.24) is 15.0 Å². The Bertz CT molecular complexity index is 956. The van der Waals surface area contributed by atoms with Gasteiger partial charge in [-0.05, 0) is 60.3 Å². The molecule has 1 aliphatic carbocycles. The number of nitrogen functional groups attached to an aromatic ring is 1. The normalized spacial score (nSPS) is 15.4. The highest BCUT2D eigenvalue weighted by molar-refractivity contribution is 7.89. The second kappa shape index (κ2) is 8.65. The molecule has 0 unspecified atom stereocenters. The monoisotopic (exact) mass is 411 g/mol. The maximum Gasteiger partial charge on any atom is 0.304 e. The molecule has 9 nitrogen and oxygen atoms in total. The number of nitrogens with two attached hydrogens (primary N) is 1. The zero-order chi connectivity index (χ0) is 20.1. The van der Waals surface area contributed by atoms with Gasteiger partial charge in [0.15, 0.2) is 0 Å². The lowest BCUT2D eigenvalue weighted by atomic mass is 9.94. The van der Waals surface area contributed by atoms with E-state index in [9.17, 15) is 12.8 Å². The highest BCUT2D eigenvalue weighted by Gasteiger charge is 2.23. The van der Waals surface area contributed by atoms with Gasteiger partial charge in [0.1, 0.15) is 11.5 Å². The Morgan fingerprint density at radius 2 is 2.18 bits per heavy atom. The molecule has 2 aromatic rings. The number of anilines is 1. The quantitative estimate of drug-likeness (QED) is 0.257. The summed E-state index contributed by atoms with van der Waals surface area (Å²) in [5, 5.41) is 10.5. The topological polar surface area (TPSA) is 137 Å². The van der Waals surface area contributed by atoms with E-state index >= 15 is 0 Å². The van der Waals surface area contributed by atoms with E-state index in [1.54, 1.807) is 19.1 Å². The van der Waals surface area contributed by atoms with Crippen molar-refractivity contribution in [3.8, 4) is 0 Å². The minimum atomic E-state index is -3.28. The van der Waals surface area contributed by atoms with Crippen LogP contribution in [0.1, 0.15) is 36.9 Å². The fourth-order valence-electron chi connectivity index (χ4n) is 2.73. The van der Waals surface area contributed by atoms with Crippen LogP contribution in [0.5, 0.6) is 0 Å². The van der Waals surface area contributed by atoms with Gasteiger partial charge in [-0.25, -0.2) is 27.2 Å². The van der Waals surface area contributed by atoms with Crippen molar-refractivity contribution < 1.29 is 22.4 Å². The molecule has 1 saturated carbocycles. The van der Waals surface area contributed by atoms with Gasteiger partial charge in [-0.3, -0.25) is 5.73 Å². The molecule has 1 aliphatic rings. The van der Waals surface area contributed by atoms with Crippen molar-refractivity contribution in [1.29, 1.82) is 0 Å². The predicted octanol–water partition coefficient (Wildman–Crippen LogP) is -0.0914. The Balaban J connectivity index is 1.55. The molecule has 3 rings (SSSR count). The number of aromatic nitrogens is 2. The lowest BCUT2D eigenvalue weighted by Crippen LogP contribution is -2.69. The average Bonchev–Trinajstić information content (AvgIpc) is 3.07. The van der Waals surface area contributed by atoms with Crippen LogP contribution in [0.15, 0.2) is 22.8 Å². The minimum absolute atomic E-state index is 0.0173. The van der Waals surface area contributed by atoms with Crippen molar-refractivity contribution in [2.45, 2.75) is 38.6 Å². The third-order valence-corrected chi connectivity index (χ3v) is 6.03. The minimum Gasteiger partial charge on any atom is -0.365 e. The molecule has 1 fully saturated rings. The summed E-state index contributed by atoms with van der Waals surface area (Å²) in [4.78, 5) is 2.92. The largest absolute Gasteiger partial charge is 0.365 e. The van der Waals surface area contributed by atoms with Gasteiger partial charge >= 0.3 is 5.84 Å². The van der Waals surface area contributed by atoms with Crippen LogP contribution < -0.4 is 20.8 Å². The molecule has 11 heteroatoms. The van der Waals surface area contributed by atoms with Crippen LogP contribution in [-0.4, -0.2) is 42.9 Å². The van der Waals surface area contributed by atoms with Crippen LogP contribution >= 0.6 is 0 Å². The lowest BCUT2D eigenvalue weighted by molar-refractivity contribution is -0.354. The van der Waals surface area contributed by atoms with Crippen LogP contribution in [0.2, 0.25) is 0 Å². The van der Waals surface area contributed by atoms with Gasteiger partial charge in [0, 0.05) is 12.6 Å². The fraction of sp³-hybridized carbons (Fsp3) is 0.471. The van der Waals surface area contributed by atoms with Gasteiger partial charge < -0.3 is 5.32 Å². The molecule has 1 heterocycles. The molecule has 1 aromatic carbocycles. The summed E-state index contributed by atoms with van der Waals surface area (Å²) in [6.45, 7) is 2.00. The van der Waals surface area contributed by atoms with Crippen LogP contribution in [0, 0.1) is 12.7 Å². The first kappa shape index (κ1) is 20.2. The Kier molecular flexibility index (Phi) is 6.25. The van der Waals surface area contributed by atoms with Gasteiger partial charge in [0.05, 0.1) is 5.75 Å². The summed E-state index contributed by atoms with van der Waals surface area (Å²) in [5.74, 6) is 0.183. The van der Waals surface area contributed by atoms with E-state index in [-0.39, 0.29) is 29.1 Å². The predicted molar refractivity (Wildman–Crippen MR) is 102 cm³/mol. The number of aryl methyl sites for hydroxylation is 1. The Morgan fingerprint density at radius 1 is 1.39 bits per heavy atom. The highest BCUT2D eigenvalue weighted by Crippen LogP contribution is 2.19. The molecule has 0 radical (unpaired) electrons. The van der Waals surface area contributed by atoms with Gasteiger partial charge in [0.2, 0.25) is 21.5 Å². The lowest BCUT2D eigenvalue weighted by Gasteiger charge is -2.26. The molecular formula is C17H24FN6O3S+. The standard InChI is InChI=1S/C17H23FN6O3S/c1-11-10-13(6-7-14(11)18)21-16(19)15-17(23-27-22-15)20-8-3-9-28(25,26)24-12-4-2-5-12/h6-7,10,12,24H,2-5,8-9H2,1H3,(H2,19,21)(H,20,23)/p+1. The SMILES string of the molecule is Cc1cc([NH+]=C(N)c2nonc2NCCCS(=O)(=O)NC2CCC2)ccc1F. The van der Waals surface area contributed by atoms with Gasteiger partial charge in [0.25, 0.3) is 0 Å². The molecule has 28 heavy (non-hydrogen) atoms. The first-order valence-corrected chi connectivity index (χ1v) is 10.7. The maximum atomic E-state index is 13.4. The molecule has 152 valence electrons. The first-order chi connectivity index (χ1) is 13.3. The van der Waals surface area contributed by atoms with E-state index in [0.717, 1.165) is 19.3 Å². The Hall–Kier alpha value is -2.53. The number of rotatable bonds is 9. The third kappa shape index (κ3) is 5.26. The van der Waals surface area contributed by atoms with Crippen LogP contribution in [0.3, 0.4) is 0 Å². The summed E-state index contributed by atoms with van der Waals surface area (Å²) >= 11 is 0. The zero-order valence-electron chi connectivity index (χ0n) is 15.5. The van der Waals surface area contributed by atoms with E-state index in [1.165, 1.54) is 6.07 Å². The second-order valence-electron chi connectivity index (χ2n) is 6.81. The van der Waals surface area contributed by atoms with Crippen LogP contribution in [-0.2, 0) is 10.0 Å². The van der Waals surface area contributed by atoms with Crippen LogP contribution in [0.4, 0.5) is 15.9 Å². The molecule has 0 amide bonds. The van der Waals surface area contributed by atoms with Crippen molar-refractivity contribution in [3.63, 3.8) is 0 Å². The summed E-state index contributed by atoms with van der Waals surface area (Å²) in [6.07, 6.45) is 3.27. The number of benzene rings is 1. The Morgan fingerprint density at radius 3 is 2.86 bits per heavy atom. The zero-order valence-corrected chi connectivity index (χ0v) is 16.4. The van der Waals surface area contributed by atoms with Crippen molar-refractivity contribution >= 4 is 27.4 Å². The summed E-state index contributed by atoms with van der Waals surface area (Å²) in [7, 11) is -3.28. The van der Waals surface area contributed by atoms with E-state index in [1.807, 2.05) is 0 Å². The smallest absolute Gasteiger partial charge is 0.304 e. The van der Waals surface area contributed by atoms with Gasteiger partial charge in [-0.15, -0.1) is 0 Å². The van der Waals surface area contributed by atoms with Crippen molar-refractivity contribution in [2.24, 2.45) is 5.73 Å². The molecule has 5 N–H and O–H groups in total. The number of sulfonamides is 1. The van der Waals surface area contributed by atoms with E-state index in [0.29, 0.717) is 30.0 Å². The van der Waals surface area contributed by atoms with Gasteiger partial charge in [-0.2, -0.15) is 0 Å². The molecule has 0 atom stereocenters. The molecular weight excluding hydrogens is 387 g/mol. The van der Waals surface area contributed by atoms with Crippen molar-refractivity contribution in [3.05, 3.63) is 35.3 Å². The summed E-state index contributed by atoms with van der Waals surface area (Å²) in [6, 6.07) is 4.58. The number of hydrogen-bond acceptors (Lipinski definition) is 6. The Labute approximate surface area is 162 Å². The third-order valence-electron chi connectivity index (χ3n) is 4.51. The maximum absolute atomic E-state index is 13.4. The van der Waals surface area contributed by atoms with E-state index in [4.69, 9.17) is 10.4 Å². The summed E-state index contributed by atoms with van der Waals surface area (Å²) in [5.41, 5.74) is 7.35. The van der Waals surface area contributed by atoms with E-state index < -0.39 is 10.0 Å². The number of amidine groups is 1. The second-order valence-corrected chi connectivity index (χ2v) is 8.68. The molecule has 1 aromatic heterocycles. The number of hydrogen-bond donors (Lipinski definition) is 4. The number of nitrogens with one attached hydrogen (secondary N) is 3. The molecule has 0 bridgehead atoms. The molecule has 0 spiro atoms. The average molecular weight is 411 g/mol. The van der Waals surface area contributed by atoms with E-state index in [2.05, 4.69) is 25.3 Å². The summed E-state index contributed by atoms with van der Waals surface area (Å²) < 4.78 is 44.7. The fourth-order valence-corrected chi connectivity index (χ4v) is 4.11. The number of halogens is 1. The first-order valence-electron chi connectivity index (χ1n) is 9.06. The van der Waals surface area contributed by atoms with Crippen molar-refractivity contribution in [2.75, 3.05) is 17.6 Å². The molecule has 0 aliphatic heterocycles.